The Morgan fingerprint density at radius 1 is 1.26 bits per heavy atom. The van der Waals surface area contributed by atoms with Crippen LogP contribution in [0.15, 0.2) is 24.3 Å². The highest BCUT2D eigenvalue weighted by Crippen LogP contribution is 2.19. The first-order valence-corrected chi connectivity index (χ1v) is 6.85. The molecule has 2 rings (SSSR count). The lowest BCUT2D eigenvalue weighted by Crippen LogP contribution is -2.28. The van der Waals surface area contributed by atoms with Gasteiger partial charge in [0.2, 0.25) is 5.91 Å². The molecule has 0 atom stereocenters. The van der Waals surface area contributed by atoms with Crippen molar-refractivity contribution in [2.24, 2.45) is 0 Å². The van der Waals surface area contributed by atoms with Crippen LogP contribution in [-0.4, -0.2) is 19.1 Å². The van der Waals surface area contributed by atoms with Crippen LogP contribution >= 0.6 is 0 Å². The molecule has 0 aliphatic heterocycles. The largest absolute Gasteiger partial charge is 0.497 e. The molecular weight excluding hydrogens is 242 g/mol. The number of carbonyl (C=O) groups is 1. The molecule has 1 fully saturated rings. The van der Waals surface area contributed by atoms with Crippen molar-refractivity contribution in [3.05, 3.63) is 29.8 Å². The van der Waals surface area contributed by atoms with Gasteiger partial charge in [-0.05, 0) is 37.0 Å². The number of aryl methyl sites for hydroxylation is 1. The molecule has 4 heteroatoms. The van der Waals surface area contributed by atoms with Gasteiger partial charge in [-0.25, -0.2) is 5.48 Å². The minimum absolute atomic E-state index is 0.0530. The first-order chi connectivity index (χ1) is 9.28. The summed E-state index contributed by atoms with van der Waals surface area (Å²) in [7, 11) is 1.64. The molecule has 19 heavy (non-hydrogen) atoms. The maximum atomic E-state index is 11.6. The predicted octanol–water partition coefficient (Wildman–Crippen LogP) is 2.62. The lowest BCUT2D eigenvalue weighted by molar-refractivity contribution is -0.138. The fraction of sp³-hybridized carbons (Fsp3) is 0.533. The van der Waals surface area contributed by atoms with Crippen LogP contribution in [0.25, 0.3) is 0 Å². The second-order valence-electron chi connectivity index (χ2n) is 4.90. The summed E-state index contributed by atoms with van der Waals surface area (Å²) in [6.07, 6.45) is 5.88. The quantitative estimate of drug-likeness (QED) is 0.803. The molecule has 1 N–H and O–H groups in total. The summed E-state index contributed by atoms with van der Waals surface area (Å²) in [5.41, 5.74) is 3.68. The fourth-order valence-electron chi connectivity index (χ4n) is 2.26. The first-order valence-electron chi connectivity index (χ1n) is 6.85. The molecule has 0 spiro atoms. The fourth-order valence-corrected chi connectivity index (χ4v) is 2.26. The molecule has 0 bridgehead atoms. The number of ether oxygens (including phenoxy) is 1. The van der Waals surface area contributed by atoms with E-state index in [2.05, 4.69) is 5.48 Å². The van der Waals surface area contributed by atoms with Gasteiger partial charge in [-0.1, -0.05) is 25.0 Å². The Balaban J connectivity index is 1.67. The van der Waals surface area contributed by atoms with Gasteiger partial charge in [-0.2, -0.15) is 0 Å². The van der Waals surface area contributed by atoms with Crippen LogP contribution < -0.4 is 10.2 Å². The number of hydroxylamine groups is 1. The highest BCUT2D eigenvalue weighted by molar-refractivity contribution is 5.75. The molecule has 0 saturated heterocycles. The van der Waals surface area contributed by atoms with Gasteiger partial charge in [-0.15, -0.1) is 0 Å². The topological polar surface area (TPSA) is 47.6 Å². The molecule has 104 valence electrons. The van der Waals surface area contributed by atoms with E-state index < -0.39 is 0 Å². The first kappa shape index (κ1) is 13.9. The molecule has 1 aliphatic carbocycles. The highest BCUT2D eigenvalue weighted by atomic mass is 16.7. The average molecular weight is 263 g/mol. The molecule has 1 aliphatic rings. The van der Waals surface area contributed by atoms with Crippen LogP contribution in [0.2, 0.25) is 0 Å². The van der Waals surface area contributed by atoms with Crippen LogP contribution in [0, 0.1) is 0 Å². The Labute approximate surface area is 114 Å². The van der Waals surface area contributed by atoms with E-state index in [9.17, 15) is 4.79 Å². The summed E-state index contributed by atoms with van der Waals surface area (Å²) >= 11 is 0. The van der Waals surface area contributed by atoms with Gasteiger partial charge < -0.3 is 4.74 Å². The maximum absolute atomic E-state index is 11.6. The number of hydrogen-bond donors (Lipinski definition) is 1. The van der Waals surface area contributed by atoms with E-state index in [1.54, 1.807) is 7.11 Å². The average Bonchev–Trinajstić information content (AvgIpc) is 2.96. The van der Waals surface area contributed by atoms with E-state index in [0.29, 0.717) is 12.8 Å². The van der Waals surface area contributed by atoms with Crippen LogP contribution in [0.5, 0.6) is 5.75 Å². The van der Waals surface area contributed by atoms with Gasteiger partial charge in [0.15, 0.2) is 0 Å². The normalized spacial score (nSPS) is 15.4. The van der Waals surface area contributed by atoms with Crippen LogP contribution in [0.3, 0.4) is 0 Å². The third kappa shape index (κ3) is 4.56. The summed E-state index contributed by atoms with van der Waals surface area (Å²) in [6.45, 7) is 0. The van der Waals surface area contributed by atoms with Crippen molar-refractivity contribution in [3.8, 4) is 5.75 Å². The third-order valence-electron chi connectivity index (χ3n) is 3.44. The van der Waals surface area contributed by atoms with Crippen molar-refractivity contribution >= 4 is 5.91 Å². The molecule has 1 amide bonds. The number of rotatable bonds is 6. The van der Waals surface area contributed by atoms with Gasteiger partial charge in [0.25, 0.3) is 0 Å². The zero-order chi connectivity index (χ0) is 13.5. The van der Waals surface area contributed by atoms with E-state index in [1.807, 2.05) is 24.3 Å². The molecule has 1 aromatic carbocycles. The monoisotopic (exact) mass is 263 g/mol. The highest BCUT2D eigenvalue weighted by Gasteiger charge is 2.16. The van der Waals surface area contributed by atoms with E-state index in [4.69, 9.17) is 9.57 Å². The lowest BCUT2D eigenvalue weighted by atomic mass is 10.1. The maximum Gasteiger partial charge on any atom is 0.243 e. The standard InChI is InChI=1S/C15H21NO3/c1-18-13-9-6-12(7-10-13)8-11-15(17)16-19-14-4-2-3-5-14/h6-7,9-10,14H,2-5,8,11H2,1H3,(H,16,17). The summed E-state index contributed by atoms with van der Waals surface area (Å²) in [5.74, 6) is 0.778. The molecule has 1 aromatic rings. The van der Waals surface area contributed by atoms with Crippen molar-refractivity contribution in [1.82, 2.24) is 5.48 Å². The Hall–Kier alpha value is -1.55. The number of benzene rings is 1. The summed E-state index contributed by atoms with van der Waals surface area (Å²) < 4.78 is 5.09. The lowest BCUT2D eigenvalue weighted by Gasteiger charge is -2.11. The molecule has 0 radical (unpaired) electrons. The van der Waals surface area contributed by atoms with Crippen LogP contribution in [0.4, 0.5) is 0 Å². The van der Waals surface area contributed by atoms with Crippen molar-refractivity contribution in [3.63, 3.8) is 0 Å². The smallest absolute Gasteiger partial charge is 0.243 e. The van der Waals surface area contributed by atoms with E-state index in [1.165, 1.54) is 12.8 Å². The zero-order valence-corrected chi connectivity index (χ0v) is 11.4. The van der Waals surface area contributed by atoms with Gasteiger partial charge in [0, 0.05) is 6.42 Å². The van der Waals surface area contributed by atoms with Gasteiger partial charge in [0.05, 0.1) is 13.2 Å². The summed E-state index contributed by atoms with van der Waals surface area (Å²) in [6, 6.07) is 7.76. The summed E-state index contributed by atoms with van der Waals surface area (Å²) in [4.78, 5) is 17.0. The third-order valence-corrected chi connectivity index (χ3v) is 3.44. The van der Waals surface area contributed by atoms with E-state index in [-0.39, 0.29) is 12.0 Å². The molecule has 0 unspecified atom stereocenters. The Morgan fingerprint density at radius 2 is 1.95 bits per heavy atom. The van der Waals surface area contributed by atoms with Crippen molar-refractivity contribution in [2.45, 2.75) is 44.6 Å². The van der Waals surface area contributed by atoms with Crippen molar-refractivity contribution < 1.29 is 14.4 Å². The number of methoxy groups -OCH3 is 1. The molecule has 4 nitrogen and oxygen atoms in total. The number of amides is 1. The Morgan fingerprint density at radius 3 is 2.58 bits per heavy atom. The van der Waals surface area contributed by atoms with Crippen LogP contribution in [-0.2, 0) is 16.1 Å². The van der Waals surface area contributed by atoms with Gasteiger partial charge in [-0.3, -0.25) is 9.63 Å². The summed E-state index contributed by atoms with van der Waals surface area (Å²) in [5, 5.41) is 0. The van der Waals surface area contributed by atoms with Crippen molar-refractivity contribution in [2.75, 3.05) is 7.11 Å². The molecule has 0 heterocycles. The second-order valence-corrected chi connectivity index (χ2v) is 4.90. The van der Waals surface area contributed by atoms with E-state index in [0.717, 1.165) is 24.2 Å². The SMILES string of the molecule is COc1ccc(CCC(=O)NOC2CCCC2)cc1. The predicted molar refractivity (Wildman–Crippen MR) is 72.8 cm³/mol. The molecular formula is C15H21NO3. The minimum atomic E-state index is -0.0530. The van der Waals surface area contributed by atoms with E-state index >= 15 is 0 Å². The molecule has 1 saturated carbocycles. The number of carbonyl (C=O) groups excluding carboxylic acids is 1. The number of nitrogens with one attached hydrogen (secondary N) is 1. The van der Waals surface area contributed by atoms with Crippen LogP contribution in [0.1, 0.15) is 37.7 Å². The minimum Gasteiger partial charge on any atom is -0.497 e. The van der Waals surface area contributed by atoms with Gasteiger partial charge >= 0.3 is 0 Å². The van der Waals surface area contributed by atoms with Gasteiger partial charge in [0.1, 0.15) is 5.75 Å². The number of hydrogen-bond acceptors (Lipinski definition) is 3. The second kappa shape index (κ2) is 7.14. The Bertz CT molecular complexity index is 396. The molecule has 0 aromatic heterocycles. The zero-order valence-electron chi connectivity index (χ0n) is 11.4. The van der Waals surface area contributed by atoms with Crippen molar-refractivity contribution in [1.29, 1.82) is 0 Å². The Kier molecular flexibility index (Phi) is 5.21.